The Bertz CT molecular complexity index is 467. The highest BCUT2D eigenvalue weighted by molar-refractivity contribution is 4.85. The van der Waals surface area contributed by atoms with Crippen molar-refractivity contribution in [2.45, 2.75) is 134 Å². The second kappa shape index (κ2) is 17.9. The van der Waals surface area contributed by atoms with Crippen molar-refractivity contribution in [2.75, 3.05) is 20.5 Å². The maximum atomic E-state index is 10.4. The van der Waals surface area contributed by atoms with E-state index in [0.717, 1.165) is 12.8 Å². The lowest BCUT2D eigenvalue weighted by atomic mass is 9.97. The van der Waals surface area contributed by atoms with Crippen LogP contribution < -0.4 is 0 Å². The van der Waals surface area contributed by atoms with E-state index in [1.54, 1.807) is 7.11 Å². The number of hydrogen-bond acceptors (Lipinski definition) is 6. The molecule has 6 heteroatoms. The Morgan fingerprint density at radius 2 is 1.44 bits per heavy atom. The van der Waals surface area contributed by atoms with Crippen molar-refractivity contribution in [3.63, 3.8) is 0 Å². The molecule has 6 nitrogen and oxygen atoms in total. The molecule has 32 heavy (non-hydrogen) atoms. The lowest BCUT2D eigenvalue weighted by Crippen LogP contribution is -2.29. The van der Waals surface area contributed by atoms with Gasteiger partial charge in [-0.25, -0.2) is 0 Å². The van der Waals surface area contributed by atoms with Gasteiger partial charge in [0.2, 0.25) is 0 Å². The van der Waals surface area contributed by atoms with Gasteiger partial charge in [0.1, 0.15) is 6.79 Å². The van der Waals surface area contributed by atoms with E-state index in [1.165, 1.54) is 44.9 Å². The largest absolute Gasteiger partial charge is 0.390 e. The van der Waals surface area contributed by atoms with E-state index >= 15 is 0 Å². The molecule has 0 aliphatic carbocycles. The number of ether oxygens (including phenoxy) is 4. The van der Waals surface area contributed by atoms with Gasteiger partial charge in [-0.15, -0.1) is 0 Å². The van der Waals surface area contributed by atoms with E-state index in [0.29, 0.717) is 32.3 Å². The van der Waals surface area contributed by atoms with Crippen LogP contribution in [0.2, 0.25) is 0 Å². The van der Waals surface area contributed by atoms with Crippen molar-refractivity contribution in [2.24, 2.45) is 0 Å². The number of aliphatic hydroxyl groups excluding tert-OH is 2. The molecular weight excluding hydrogens is 408 g/mol. The molecule has 0 saturated carbocycles. The number of hydrogen-bond donors (Lipinski definition) is 2. The first-order valence-corrected chi connectivity index (χ1v) is 12.8. The fourth-order valence-corrected chi connectivity index (χ4v) is 4.25. The fourth-order valence-electron chi connectivity index (χ4n) is 4.25. The molecule has 0 unspecified atom stereocenters. The summed E-state index contributed by atoms with van der Waals surface area (Å²) in [5.41, 5.74) is 0. The first-order valence-electron chi connectivity index (χ1n) is 12.8. The quantitative estimate of drug-likeness (QED) is 0.143. The van der Waals surface area contributed by atoms with Crippen LogP contribution in [0.3, 0.4) is 0 Å². The van der Waals surface area contributed by atoms with E-state index in [9.17, 15) is 10.2 Å². The van der Waals surface area contributed by atoms with Gasteiger partial charge in [-0.05, 0) is 46.0 Å². The molecule has 0 aromatic carbocycles. The third-order valence-electron chi connectivity index (χ3n) is 6.03. The molecule has 0 amide bonds. The van der Waals surface area contributed by atoms with Crippen LogP contribution >= 0.6 is 0 Å². The highest BCUT2D eigenvalue weighted by atomic mass is 16.7. The Balaban J connectivity index is 2.24. The van der Waals surface area contributed by atoms with Crippen molar-refractivity contribution >= 4 is 0 Å². The Morgan fingerprint density at radius 1 is 0.844 bits per heavy atom. The molecular formula is C26H50O6. The molecule has 4 atom stereocenters. The van der Waals surface area contributed by atoms with Gasteiger partial charge in [0.05, 0.1) is 31.0 Å². The molecule has 0 radical (unpaired) electrons. The normalized spacial score (nSPS) is 22.6. The summed E-state index contributed by atoms with van der Waals surface area (Å²) in [5.74, 6) is -0.575. The van der Waals surface area contributed by atoms with Gasteiger partial charge in [-0.2, -0.15) is 0 Å². The topological polar surface area (TPSA) is 77.4 Å². The van der Waals surface area contributed by atoms with Gasteiger partial charge < -0.3 is 29.2 Å². The van der Waals surface area contributed by atoms with Crippen molar-refractivity contribution in [3.8, 4) is 0 Å². The molecule has 1 saturated heterocycles. The highest BCUT2D eigenvalue weighted by Gasteiger charge is 2.40. The lowest BCUT2D eigenvalue weighted by Gasteiger charge is -2.21. The zero-order chi connectivity index (χ0) is 23.7. The predicted octanol–water partition coefficient (Wildman–Crippen LogP) is 5.50. The van der Waals surface area contributed by atoms with Gasteiger partial charge in [0.25, 0.3) is 0 Å². The molecule has 0 aromatic heterocycles. The summed E-state index contributed by atoms with van der Waals surface area (Å²) in [4.78, 5) is 0. The summed E-state index contributed by atoms with van der Waals surface area (Å²) in [5, 5.41) is 20.7. The van der Waals surface area contributed by atoms with Crippen LogP contribution in [0, 0.1) is 0 Å². The lowest BCUT2D eigenvalue weighted by molar-refractivity contribution is -0.147. The SMILES string of the molecule is CCCCCCCCCC[C@@H]1OC(C)(C)O[C@@H]1CC[C@H](O)[C@@H](O)CC/C=C/COCOC. The minimum Gasteiger partial charge on any atom is -0.390 e. The fraction of sp³-hybridized carbons (Fsp3) is 0.923. The standard InChI is InChI=1S/C26H50O6/c1-5-6-7-8-9-10-11-14-17-24-25(32-26(2,3)31-24)19-18-23(28)22(27)16-13-12-15-20-30-21-29-4/h12,15,22-25,27-28H,5-11,13-14,16-21H2,1-4H3/b15-12+/t22-,23-,24-,25+/m0/s1. The van der Waals surface area contributed by atoms with Crippen molar-refractivity contribution in [3.05, 3.63) is 12.2 Å². The Kier molecular flexibility index (Phi) is 16.5. The number of unbranched alkanes of at least 4 members (excludes halogenated alkanes) is 7. The van der Waals surface area contributed by atoms with Gasteiger partial charge >= 0.3 is 0 Å². The maximum absolute atomic E-state index is 10.4. The van der Waals surface area contributed by atoms with Crippen LogP contribution in [0.15, 0.2) is 12.2 Å². The summed E-state index contributed by atoms with van der Waals surface area (Å²) in [6.45, 7) is 6.93. The van der Waals surface area contributed by atoms with Crippen molar-refractivity contribution in [1.82, 2.24) is 0 Å². The maximum Gasteiger partial charge on any atom is 0.163 e. The Morgan fingerprint density at radius 3 is 2.09 bits per heavy atom. The van der Waals surface area contributed by atoms with E-state index < -0.39 is 18.0 Å². The first-order chi connectivity index (χ1) is 15.4. The molecule has 2 N–H and O–H groups in total. The van der Waals surface area contributed by atoms with Crippen molar-refractivity contribution < 1.29 is 29.2 Å². The van der Waals surface area contributed by atoms with E-state index in [4.69, 9.17) is 18.9 Å². The number of aliphatic hydroxyl groups is 2. The van der Waals surface area contributed by atoms with Crippen LogP contribution in [0.4, 0.5) is 0 Å². The summed E-state index contributed by atoms with van der Waals surface area (Å²) >= 11 is 0. The van der Waals surface area contributed by atoms with Gasteiger partial charge in [-0.3, -0.25) is 0 Å². The smallest absolute Gasteiger partial charge is 0.163 e. The molecule has 0 bridgehead atoms. The minimum absolute atomic E-state index is 0.0192. The second-order valence-electron chi connectivity index (χ2n) is 9.51. The number of rotatable bonds is 20. The molecule has 190 valence electrons. The summed E-state index contributed by atoms with van der Waals surface area (Å²) < 4.78 is 22.2. The van der Waals surface area contributed by atoms with E-state index in [2.05, 4.69) is 6.92 Å². The zero-order valence-electron chi connectivity index (χ0n) is 21.1. The van der Waals surface area contributed by atoms with Gasteiger partial charge in [0.15, 0.2) is 5.79 Å². The highest BCUT2D eigenvalue weighted by Crippen LogP contribution is 2.33. The molecule has 1 heterocycles. The number of allylic oxidation sites excluding steroid dienone is 1. The van der Waals surface area contributed by atoms with Gasteiger partial charge in [0, 0.05) is 7.11 Å². The molecule has 0 spiro atoms. The monoisotopic (exact) mass is 458 g/mol. The van der Waals surface area contributed by atoms with E-state index in [1.807, 2.05) is 26.0 Å². The predicted molar refractivity (Wildman–Crippen MR) is 129 cm³/mol. The molecule has 0 aromatic rings. The van der Waals surface area contributed by atoms with Crippen LogP contribution in [0.25, 0.3) is 0 Å². The minimum atomic E-state index is -0.746. The Hall–Kier alpha value is -0.500. The number of methoxy groups -OCH3 is 1. The second-order valence-corrected chi connectivity index (χ2v) is 9.51. The van der Waals surface area contributed by atoms with E-state index in [-0.39, 0.29) is 19.0 Å². The molecule has 1 aliphatic heterocycles. The van der Waals surface area contributed by atoms with Crippen molar-refractivity contribution in [1.29, 1.82) is 0 Å². The third-order valence-corrected chi connectivity index (χ3v) is 6.03. The van der Waals surface area contributed by atoms with Gasteiger partial charge in [-0.1, -0.05) is 70.4 Å². The molecule has 1 aliphatic rings. The zero-order valence-corrected chi connectivity index (χ0v) is 21.1. The van der Waals surface area contributed by atoms with Crippen LogP contribution in [-0.2, 0) is 18.9 Å². The van der Waals surface area contributed by atoms with Crippen LogP contribution in [0.1, 0.15) is 104 Å². The molecule has 1 fully saturated rings. The average molecular weight is 459 g/mol. The molecule has 1 rings (SSSR count). The average Bonchev–Trinajstić information content (AvgIpc) is 3.06. The summed E-state index contributed by atoms with van der Waals surface area (Å²) in [7, 11) is 1.59. The first kappa shape index (κ1) is 29.5. The van der Waals surface area contributed by atoms with Crippen LogP contribution in [0.5, 0.6) is 0 Å². The Labute approximate surface area is 196 Å². The summed E-state index contributed by atoms with van der Waals surface area (Å²) in [6, 6.07) is 0. The van der Waals surface area contributed by atoms with Crippen LogP contribution in [-0.4, -0.2) is 60.9 Å². The third kappa shape index (κ3) is 13.9. The summed E-state index contributed by atoms with van der Waals surface area (Å²) in [6.07, 6.45) is 16.2.